The molecule has 3 rings (SSSR count). The Kier molecular flexibility index (Phi) is 6.07. The van der Waals surface area contributed by atoms with Gasteiger partial charge < -0.3 is 4.74 Å². The van der Waals surface area contributed by atoms with E-state index in [4.69, 9.17) is 4.74 Å². The number of nitrogens with zero attached hydrogens (tertiary/aromatic N) is 3. The normalized spacial score (nSPS) is 11.9. The highest BCUT2D eigenvalue weighted by Crippen LogP contribution is 2.26. The second-order valence-corrected chi connectivity index (χ2v) is 6.67. The topological polar surface area (TPSA) is 39.9 Å². The van der Waals surface area contributed by atoms with Gasteiger partial charge >= 0.3 is 0 Å². The average molecular weight is 369 g/mol. The van der Waals surface area contributed by atoms with Crippen LogP contribution in [0.25, 0.3) is 0 Å². The van der Waals surface area contributed by atoms with Crippen molar-refractivity contribution in [3.05, 3.63) is 84.5 Å². The van der Waals surface area contributed by atoms with E-state index in [0.717, 1.165) is 22.3 Å². The minimum atomic E-state index is -0.245. The number of rotatable bonds is 8. The number of aromatic nitrogens is 3. The maximum Gasteiger partial charge on any atom is 0.191 e. The van der Waals surface area contributed by atoms with Crippen LogP contribution in [-0.2, 0) is 12.3 Å². The summed E-state index contributed by atoms with van der Waals surface area (Å²) < 4.78 is 21.0. The Morgan fingerprint density at radius 2 is 1.88 bits per heavy atom. The molecule has 0 radical (unpaired) electrons. The summed E-state index contributed by atoms with van der Waals surface area (Å²) in [6.45, 7) is 6.36. The monoisotopic (exact) mass is 369 g/mol. The third-order valence-electron chi connectivity index (χ3n) is 3.76. The fourth-order valence-electron chi connectivity index (χ4n) is 2.49. The molecule has 0 unspecified atom stereocenters. The van der Waals surface area contributed by atoms with Crippen LogP contribution in [0.5, 0.6) is 5.75 Å². The van der Waals surface area contributed by atoms with Gasteiger partial charge in [-0.15, -0.1) is 16.8 Å². The summed E-state index contributed by atoms with van der Waals surface area (Å²) in [4.78, 5) is 0. The van der Waals surface area contributed by atoms with Crippen LogP contribution in [0.15, 0.2) is 72.4 Å². The average Bonchev–Trinajstić information content (AvgIpc) is 3.05. The van der Waals surface area contributed by atoms with Crippen molar-refractivity contribution in [2.45, 2.75) is 30.5 Å². The smallest absolute Gasteiger partial charge is 0.191 e. The lowest BCUT2D eigenvalue weighted by molar-refractivity contribution is 0.210. The maximum atomic E-state index is 13.0. The molecule has 0 aliphatic heterocycles. The Balaban J connectivity index is 1.74. The molecule has 0 N–H and O–H groups in total. The molecule has 3 aromatic rings. The van der Waals surface area contributed by atoms with Crippen LogP contribution in [0.1, 0.15) is 24.4 Å². The van der Waals surface area contributed by atoms with Crippen molar-refractivity contribution in [3.8, 4) is 5.75 Å². The number of thioether (sulfide) groups is 1. The summed E-state index contributed by atoms with van der Waals surface area (Å²) in [5.41, 5.74) is 1.03. The molecule has 1 atom stereocenters. The minimum Gasteiger partial charge on any atom is -0.483 e. The fourth-order valence-corrected chi connectivity index (χ4v) is 3.40. The van der Waals surface area contributed by atoms with E-state index < -0.39 is 0 Å². The van der Waals surface area contributed by atoms with Crippen molar-refractivity contribution in [1.29, 1.82) is 0 Å². The number of hydrogen-bond acceptors (Lipinski definition) is 4. The lowest BCUT2D eigenvalue weighted by Crippen LogP contribution is -2.12. The molecule has 0 bridgehead atoms. The van der Waals surface area contributed by atoms with Crippen molar-refractivity contribution in [2.75, 3.05) is 0 Å². The molecule has 0 fully saturated rings. The molecule has 6 heteroatoms. The van der Waals surface area contributed by atoms with Crippen LogP contribution in [0.2, 0.25) is 0 Å². The van der Waals surface area contributed by atoms with Gasteiger partial charge in [-0.3, -0.25) is 4.57 Å². The molecule has 2 aromatic carbocycles. The highest BCUT2D eigenvalue weighted by atomic mass is 32.2. The Labute approximate surface area is 156 Å². The number of allylic oxidation sites excluding steroid dienone is 1. The molecular formula is C20H20FN3OS. The quantitative estimate of drug-likeness (QED) is 0.412. The van der Waals surface area contributed by atoms with Gasteiger partial charge in [0.2, 0.25) is 0 Å². The third-order valence-corrected chi connectivity index (χ3v) is 4.80. The summed E-state index contributed by atoms with van der Waals surface area (Å²) in [7, 11) is 0. The lowest BCUT2D eigenvalue weighted by atomic mass is 10.2. The van der Waals surface area contributed by atoms with E-state index in [1.165, 1.54) is 12.1 Å². The van der Waals surface area contributed by atoms with E-state index in [-0.39, 0.29) is 11.9 Å². The van der Waals surface area contributed by atoms with Gasteiger partial charge in [-0.05, 0) is 36.8 Å². The molecule has 4 nitrogen and oxygen atoms in total. The predicted molar refractivity (Wildman–Crippen MR) is 102 cm³/mol. The summed E-state index contributed by atoms with van der Waals surface area (Å²) in [6.07, 6.45) is 1.56. The van der Waals surface area contributed by atoms with Crippen molar-refractivity contribution in [3.63, 3.8) is 0 Å². The number of halogens is 1. The highest BCUT2D eigenvalue weighted by molar-refractivity contribution is 7.98. The number of benzene rings is 2. The van der Waals surface area contributed by atoms with Gasteiger partial charge in [-0.25, -0.2) is 4.39 Å². The summed E-state index contributed by atoms with van der Waals surface area (Å²) in [5.74, 6) is 1.98. The Morgan fingerprint density at radius 3 is 2.58 bits per heavy atom. The van der Waals surface area contributed by atoms with Crippen molar-refractivity contribution in [2.24, 2.45) is 0 Å². The molecule has 0 saturated carbocycles. The Bertz CT molecular complexity index is 849. The largest absolute Gasteiger partial charge is 0.483 e. The first-order chi connectivity index (χ1) is 12.7. The van der Waals surface area contributed by atoms with E-state index >= 15 is 0 Å². The zero-order valence-electron chi connectivity index (χ0n) is 14.5. The molecule has 26 heavy (non-hydrogen) atoms. The van der Waals surface area contributed by atoms with Crippen LogP contribution in [0.3, 0.4) is 0 Å². The van der Waals surface area contributed by atoms with Gasteiger partial charge in [0.1, 0.15) is 11.6 Å². The van der Waals surface area contributed by atoms with Crippen molar-refractivity contribution >= 4 is 11.8 Å². The van der Waals surface area contributed by atoms with E-state index in [1.807, 2.05) is 47.9 Å². The van der Waals surface area contributed by atoms with Gasteiger partial charge in [0.25, 0.3) is 0 Å². The summed E-state index contributed by atoms with van der Waals surface area (Å²) >= 11 is 1.55. The second-order valence-electron chi connectivity index (χ2n) is 5.73. The first-order valence-electron chi connectivity index (χ1n) is 8.30. The molecule has 0 aliphatic carbocycles. The molecule has 0 spiro atoms. The zero-order valence-corrected chi connectivity index (χ0v) is 15.3. The van der Waals surface area contributed by atoms with Gasteiger partial charge in [0, 0.05) is 12.3 Å². The van der Waals surface area contributed by atoms with Gasteiger partial charge in [-0.2, -0.15) is 0 Å². The molecule has 1 aromatic heterocycles. The van der Waals surface area contributed by atoms with Gasteiger partial charge in [0.05, 0.1) is 0 Å². The second kappa shape index (κ2) is 8.67. The van der Waals surface area contributed by atoms with Crippen LogP contribution in [0.4, 0.5) is 4.39 Å². The van der Waals surface area contributed by atoms with E-state index in [2.05, 4.69) is 16.8 Å². The van der Waals surface area contributed by atoms with Crippen LogP contribution in [-0.4, -0.2) is 14.8 Å². The molecule has 0 amide bonds. The lowest BCUT2D eigenvalue weighted by Gasteiger charge is -2.15. The number of hydrogen-bond donors (Lipinski definition) is 0. The Morgan fingerprint density at radius 1 is 1.15 bits per heavy atom. The fraction of sp³-hybridized carbons (Fsp3) is 0.200. The molecular weight excluding hydrogens is 349 g/mol. The number of para-hydroxylation sites is 1. The standard InChI is InChI=1S/C20H20FN3OS/c1-3-13-24-19(15(2)25-18-7-5-4-6-8-18)22-23-20(24)26-14-16-9-11-17(21)12-10-16/h3-12,15H,1,13-14H2,2H3/t15-/m1/s1. The summed E-state index contributed by atoms with van der Waals surface area (Å²) in [6, 6.07) is 16.1. The first kappa shape index (κ1) is 18.2. The molecule has 0 aliphatic rings. The molecule has 134 valence electrons. The van der Waals surface area contributed by atoms with Crippen LogP contribution >= 0.6 is 11.8 Å². The van der Waals surface area contributed by atoms with Crippen molar-refractivity contribution in [1.82, 2.24) is 14.8 Å². The predicted octanol–water partition coefficient (Wildman–Crippen LogP) is 5.04. The van der Waals surface area contributed by atoms with Crippen molar-refractivity contribution < 1.29 is 9.13 Å². The minimum absolute atomic E-state index is 0.234. The van der Waals surface area contributed by atoms with E-state index in [0.29, 0.717) is 12.3 Å². The summed E-state index contributed by atoms with van der Waals surface area (Å²) in [5, 5.41) is 9.41. The van der Waals surface area contributed by atoms with Gasteiger partial charge in [-0.1, -0.05) is 48.2 Å². The Hall–Kier alpha value is -2.60. The third kappa shape index (κ3) is 4.52. The SMILES string of the molecule is C=CCn1c(SCc2ccc(F)cc2)nnc1[C@@H](C)Oc1ccccc1. The maximum absolute atomic E-state index is 13.0. The first-order valence-corrected chi connectivity index (χ1v) is 9.29. The van der Waals surface area contributed by atoms with E-state index in [9.17, 15) is 4.39 Å². The van der Waals surface area contributed by atoms with Crippen LogP contribution in [0, 0.1) is 5.82 Å². The van der Waals surface area contributed by atoms with Gasteiger partial charge in [0.15, 0.2) is 17.1 Å². The number of ether oxygens (including phenoxy) is 1. The molecule has 1 heterocycles. The zero-order chi connectivity index (χ0) is 18.4. The highest BCUT2D eigenvalue weighted by Gasteiger charge is 2.19. The molecule has 0 saturated heterocycles. The van der Waals surface area contributed by atoms with E-state index in [1.54, 1.807) is 23.9 Å². The van der Waals surface area contributed by atoms with Crippen LogP contribution < -0.4 is 4.74 Å².